The van der Waals surface area contributed by atoms with Crippen molar-refractivity contribution in [1.82, 2.24) is 9.80 Å². The van der Waals surface area contributed by atoms with E-state index in [0.717, 1.165) is 13.1 Å². The minimum Gasteiger partial charge on any atom is -0.378 e. The molecule has 1 aromatic rings. The Kier molecular flexibility index (Phi) is 3.69. The molecule has 0 aliphatic carbocycles. The van der Waals surface area contributed by atoms with Gasteiger partial charge in [-0.3, -0.25) is 4.90 Å². The van der Waals surface area contributed by atoms with E-state index in [1.54, 1.807) is 0 Å². The van der Waals surface area contributed by atoms with Crippen LogP contribution in [-0.4, -0.2) is 57.6 Å². The molecule has 0 spiro atoms. The summed E-state index contributed by atoms with van der Waals surface area (Å²) in [5.41, 5.74) is 2.69. The van der Waals surface area contributed by atoms with Crippen molar-refractivity contribution in [2.24, 2.45) is 0 Å². The first-order valence-corrected chi connectivity index (χ1v) is 6.24. The van der Waals surface area contributed by atoms with Crippen LogP contribution in [0.2, 0.25) is 0 Å². The Balaban J connectivity index is 2.15. The van der Waals surface area contributed by atoms with Crippen molar-refractivity contribution in [3.63, 3.8) is 0 Å². The van der Waals surface area contributed by atoms with Gasteiger partial charge in [-0.25, -0.2) is 0 Å². The Hall–Kier alpha value is -1.06. The van der Waals surface area contributed by atoms with Crippen molar-refractivity contribution in [2.75, 3.05) is 52.7 Å². The highest BCUT2D eigenvalue weighted by atomic mass is 15.3. The second-order valence-corrected chi connectivity index (χ2v) is 5.24. The van der Waals surface area contributed by atoms with Gasteiger partial charge in [-0.15, -0.1) is 0 Å². The van der Waals surface area contributed by atoms with Crippen molar-refractivity contribution in [2.45, 2.75) is 6.04 Å². The molecule has 1 saturated heterocycles. The fourth-order valence-electron chi connectivity index (χ4n) is 2.36. The van der Waals surface area contributed by atoms with E-state index < -0.39 is 0 Å². The molecule has 1 aromatic carbocycles. The molecule has 1 aliphatic heterocycles. The summed E-state index contributed by atoms with van der Waals surface area (Å²) in [6, 6.07) is 9.46. The fraction of sp³-hybridized carbons (Fsp3) is 0.571. The number of anilines is 1. The maximum Gasteiger partial charge on any atom is 0.0472 e. The molecule has 1 aliphatic rings. The summed E-state index contributed by atoms with van der Waals surface area (Å²) in [5, 5.41) is 0. The zero-order chi connectivity index (χ0) is 12.4. The van der Waals surface area contributed by atoms with E-state index in [0.29, 0.717) is 6.04 Å². The summed E-state index contributed by atoms with van der Waals surface area (Å²) in [6.45, 7) is 3.44. The monoisotopic (exact) mass is 233 g/mol. The molecular weight excluding hydrogens is 210 g/mol. The van der Waals surface area contributed by atoms with E-state index in [-0.39, 0.29) is 0 Å². The summed E-state index contributed by atoms with van der Waals surface area (Å²) < 4.78 is 0. The highest BCUT2D eigenvalue weighted by molar-refractivity contribution is 5.46. The molecule has 0 saturated carbocycles. The maximum absolute atomic E-state index is 2.45. The van der Waals surface area contributed by atoms with Gasteiger partial charge in [0.05, 0.1) is 0 Å². The first kappa shape index (κ1) is 12.4. The van der Waals surface area contributed by atoms with Gasteiger partial charge in [-0.2, -0.15) is 0 Å². The van der Waals surface area contributed by atoms with Crippen LogP contribution in [0.1, 0.15) is 11.6 Å². The molecular formula is C14H23N3. The van der Waals surface area contributed by atoms with E-state index in [4.69, 9.17) is 0 Å². The molecule has 17 heavy (non-hydrogen) atoms. The van der Waals surface area contributed by atoms with E-state index in [2.05, 4.69) is 67.2 Å². The van der Waals surface area contributed by atoms with Gasteiger partial charge >= 0.3 is 0 Å². The Morgan fingerprint density at radius 2 is 1.71 bits per heavy atom. The Bertz CT molecular complexity index is 358. The highest BCUT2D eigenvalue weighted by Crippen LogP contribution is 2.25. The van der Waals surface area contributed by atoms with Crippen molar-refractivity contribution >= 4 is 5.69 Å². The second-order valence-electron chi connectivity index (χ2n) is 5.24. The van der Waals surface area contributed by atoms with Crippen LogP contribution in [-0.2, 0) is 0 Å². The van der Waals surface area contributed by atoms with Crippen LogP contribution in [0.3, 0.4) is 0 Å². The minimum absolute atomic E-state index is 0.532. The lowest BCUT2D eigenvalue weighted by molar-refractivity contribution is 0.115. The molecule has 0 radical (unpaired) electrons. The van der Waals surface area contributed by atoms with Crippen LogP contribution in [0.25, 0.3) is 0 Å². The highest BCUT2D eigenvalue weighted by Gasteiger charge is 2.23. The largest absolute Gasteiger partial charge is 0.378 e. The van der Waals surface area contributed by atoms with Crippen molar-refractivity contribution in [3.8, 4) is 0 Å². The lowest BCUT2D eigenvalue weighted by Gasteiger charge is -2.38. The summed E-state index contributed by atoms with van der Waals surface area (Å²) in [4.78, 5) is 7.00. The summed E-state index contributed by atoms with van der Waals surface area (Å²) in [7, 11) is 8.58. The quantitative estimate of drug-likeness (QED) is 0.769. The summed E-state index contributed by atoms with van der Waals surface area (Å²) in [5.74, 6) is 0. The number of nitrogens with zero attached hydrogens (tertiary/aromatic N) is 3. The van der Waals surface area contributed by atoms with Crippen LogP contribution in [0, 0.1) is 0 Å². The number of piperazine rings is 1. The molecule has 1 atom stereocenters. The standard InChI is InChI=1S/C14H23N3/c1-15(2)13-7-5-12(6-8-13)14-11-16(3)9-10-17(14)4/h5-8,14H,9-11H2,1-4H3. The predicted octanol–water partition coefficient (Wildman–Crippen LogP) is 1.67. The molecule has 0 aromatic heterocycles. The molecule has 0 N–H and O–H groups in total. The van der Waals surface area contributed by atoms with Crippen LogP contribution in [0.4, 0.5) is 5.69 Å². The van der Waals surface area contributed by atoms with E-state index in [1.165, 1.54) is 17.8 Å². The number of hydrogen-bond acceptors (Lipinski definition) is 3. The third-order valence-electron chi connectivity index (χ3n) is 3.65. The topological polar surface area (TPSA) is 9.72 Å². The first-order valence-electron chi connectivity index (χ1n) is 6.24. The Morgan fingerprint density at radius 1 is 1.06 bits per heavy atom. The zero-order valence-electron chi connectivity index (χ0n) is 11.3. The molecule has 3 heteroatoms. The molecule has 0 bridgehead atoms. The molecule has 1 heterocycles. The van der Waals surface area contributed by atoms with E-state index in [9.17, 15) is 0 Å². The third-order valence-corrected chi connectivity index (χ3v) is 3.65. The molecule has 94 valence electrons. The van der Waals surface area contributed by atoms with Crippen LogP contribution in [0.15, 0.2) is 24.3 Å². The molecule has 0 amide bonds. The van der Waals surface area contributed by atoms with Gasteiger partial charge in [0.25, 0.3) is 0 Å². The average Bonchev–Trinajstić information content (AvgIpc) is 2.32. The van der Waals surface area contributed by atoms with Gasteiger partial charge in [0.1, 0.15) is 0 Å². The predicted molar refractivity (Wildman–Crippen MR) is 73.6 cm³/mol. The lowest BCUT2D eigenvalue weighted by atomic mass is 10.0. The minimum atomic E-state index is 0.532. The van der Waals surface area contributed by atoms with Gasteiger partial charge < -0.3 is 9.80 Å². The van der Waals surface area contributed by atoms with Crippen molar-refractivity contribution < 1.29 is 0 Å². The van der Waals surface area contributed by atoms with Gasteiger partial charge in [0.15, 0.2) is 0 Å². The Labute approximate surface area is 105 Å². The molecule has 1 unspecified atom stereocenters. The molecule has 3 nitrogen and oxygen atoms in total. The lowest BCUT2D eigenvalue weighted by Crippen LogP contribution is -2.44. The summed E-state index contributed by atoms with van der Waals surface area (Å²) in [6.07, 6.45) is 0. The normalized spacial score (nSPS) is 22.7. The van der Waals surface area contributed by atoms with Gasteiger partial charge in [-0.05, 0) is 31.8 Å². The van der Waals surface area contributed by atoms with Gasteiger partial charge in [0, 0.05) is 45.5 Å². The maximum atomic E-state index is 2.45. The third kappa shape index (κ3) is 2.79. The molecule has 2 rings (SSSR count). The van der Waals surface area contributed by atoms with Crippen LogP contribution < -0.4 is 4.90 Å². The van der Waals surface area contributed by atoms with E-state index >= 15 is 0 Å². The zero-order valence-corrected chi connectivity index (χ0v) is 11.3. The number of rotatable bonds is 2. The average molecular weight is 233 g/mol. The Morgan fingerprint density at radius 3 is 2.29 bits per heavy atom. The summed E-state index contributed by atoms with van der Waals surface area (Å²) >= 11 is 0. The fourth-order valence-corrected chi connectivity index (χ4v) is 2.36. The van der Waals surface area contributed by atoms with Crippen LogP contribution in [0.5, 0.6) is 0 Å². The number of benzene rings is 1. The number of hydrogen-bond donors (Lipinski definition) is 0. The van der Waals surface area contributed by atoms with E-state index in [1.807, 2.05) is 0 Å². The van der Waals surface area contributed by atoms with Crippen molar-refractivity contribution in [1.29, 1.82) is 0 Å². The number of likely N-dealkylation sites (N-methyl/N-ethyl adjacent to an activating group) is 2. The van der Waals surface area contributed by atoms with Gasteiger partial charge in [0.2, 0.25) is 0 Å². The smallest absolute Gasteiger partial charge is 0.0472 e. The second kappa shape index (κ2) is 5.07. The van der Waals surface area contributed by atoms with Crippen molar-refractivity contribution in [3.05, 3.63) is 29.8 Å². The first-order chi connectivity index (χ1) is 8.08. The van der Waals surface area contributed by atoms with Crippen LogP contribution >= 0.6 is 0 Å². The SMILES string of the molecule is CN1CCN(C)C(c2ccc(N(C)C)cc2)C1. The molecule has 1 fully saturated rings. The van der Waals surface area contributed by atoms with Gasteiger partial charge in [-0.1, -0.05) is 12.1 Å².